The van der Waals surface area contributed by atoms with Crippen LogP contribution in [0.15, 0.2) is 42.9 Å². The molecule has 1 aromatic carbocycles. The summed E-state index contributed by atoms with van der Waals surface area (Å²) in [6.45, 7) is 0.637. The Balaban J connectivity index is 1.41. The highest BCUT2D eigenvalue weighted by molar-refractivity contribution is 7.84. The maximum absolute atomic E-state index is 11.8. The molecule has 2 aromatic heterocycles. The molecule has 3 N–H and O–H groups in total. The first-order valence-corrected chi connectivity index (χ1v) is 12.8. The van der Waals surface area contributed by atoms with Crippen LogP contribution < -0.4 is 10.0 Å². The van der Waals surface area contributed by atoms with Crippen LogP contribution in [-0.2, 0) is 25.6 Å². The van der Waals surface area contributed by atoms with E-state index in [-0.39, 0.29) is 18.0 Å². The predicted molar refractivity (Wildman–Crippen MR) is 127 cm³/mol. The molecule has 0 amide bonds. The molecule has 1 fully saturated rings. The Bertz CT molecular complexity index is 1280. The van der Waals surface area contributed by atoms with Crippen molar-refractivity contribution in [3.63, 3.8) is 0 Å². The lowest BCUT2D eigenvalue weighted by atomic mass is 10.0. The van der Waals surface area contributed by atoms with E-state index < -0.39 is 22.5 Å². The Labute approximate surface area is 198 Å². The van der Waals surface area contributed by atoms with E-state index in [0.29, 0.717) is 19.4 Å². The summed E-state index contributed by atoms with van der Waals surface area (Å²) in [5.74, 6) is 1.02. The number of rotatable bonds is 8. The Morgan fingerprint density at radius 3 is 2.82 bits per heavy atom. The van der Waals surface area contributed by atoms with E-state index in [9.17, 15) is 13.5 Å². The molecule has 2 aliphatic carbocycles. The molecule has 0 saturated heterocycles. The largest absolute Gasteiger partial charge is 0.390 e. The number of fused-ring (bicyclic) bond motifs is 2. The topological polar surface area (TPSA) is 128 Å². The second-order valence-electron chi connectivity index (χ2n) is 8.91. The van der Waals surface area contributed by atoms with Crippen molar-refractivity contribution in [2.45, 2.75) is 43.6 Å². The first-order chi connectivity index (χ1) is 16.4. The lowest BCUT2D eigenvalue weighted by molar-refractivity contribution is 0.0635. The Kier molecular flexibility index (Phi) is 6.30. The van der Waals surface area contributed by atoms with Gasteiger partial charge in [-0.3, -0.25) is 4.18 Å². The van der Waals surface area contributed by atoms with E-state index in [0.717, 1.165) is 23.3 Å². The van der Waals surface area contributed by atoms with Crippen molar-refractivity contribution in [2.24, 2.45) is 5.92 Å². The molecule has 2 heterocycles. The Hall–Kier alpha value is -2.57. The summed E-state index contributed by atoms with van der Waals surface area (Å²) in [5.41, 5.74) is 3.29. The molecule has 0 unspecified atom stereocenters. The summed E-state index contributed by atoms with van der Waals surface area (Å²) in [6, 6.07) is 10.3. The lowest BCUT2D eigenvalue weighted by Crippen LogP contribution is -2.31. The third-order valence-corrected chi connectivity index (χ3v) is 7.87. The molecule has 0 bridgehead atoms. The van der Waals surface area contributed by atoms with Crippen LogP contribution in [0.2, 0.25) is 0 Å². The number of nitrogens with zero attached hydrogens (tertiary/aromatic N) is 3. The van der Waals surface area contributed by atoms with Crippen LogP contribution in [0.5, 0.6) is 0 Å². The molecule has 3 aromatic rings. The van der Waals surface area contributed by atoms with Crippen LogP contribution in [0.4, 0.5) is 5.82 Å². The number of anilines is 1. The zero-order valence-electron chi connectivity index (χ0n) is 19.1. The van der Waals surface area contributed by atoms with Crippen molar-refractivity contribution in [2.75, 3.05) is 26.1 Å². The predicted octanol–water partition coefficient (Wildman–Crippen LogP) is 1.95. The van der Waals surface area contributed by atoms with Crippen molar-refractivity contribution in [3.05, 3.63) is 54.0 Å². The molecule has 2 aliphatic rings. The van der Waals surface area contributed by atoms with Gasteiger partial charge in [0, 0.05) is 32.3 Å². The van der Waals surface area contributed by atoms with Crippen LogP contribution in [0, 0.1) is 5.92 Å². The first kappa shape index (κ1) is 23.2. The minimum atomic E-state index is -3.89. The number of aromatic nitrogens is 3. The molecule has 0 radical (unpaired) electrons. The van der Waals surface area contributed by atoms with Crippen LogP contribution >= 0.6 is 0 Å². The Morgan fingerprint density at radius 2 is 2.03 bits per heavy atom. The highest BCUT2D eigenvalue weighted by Gasteiger charge is 2.38. The maximum atomic E-state index is 11.8. The van der Waals surface area contributed by atoms with Gasteiger partial charge in [-0.2, -0.15) is 13.1 Å². The van der Waals surface area contributed by atoms with Crippen molar-refractivity contribution < 1.29 is 22.4 Å². The van der Waals surface area contributed by atoms with Gasteiger partial charge in [0.05, 0.1) is 24.1 Å². The van der Waals surface area contributed by atoms with Gasteiger partial charge >= 0.3 is 10.3 Å². The number of benzene rings is 1. The standard InChI is InChI=1S/C23H29N5O5S/c1-24-34(30,31)33-20-11-16(10-19(20)29)28-8-7-18-22(25-13-26-23(18)28)27-21-15(12-32-2)9-14-5-3-4-6-17(14)21/h3-8,13,15-16,19-21,24,29H,9-12H2,1-2H3,(H,25,26,27)/t15-,16+,19-,20-,21+/m1/s1. The van der Waals surface area contributed by atoms with Crippen molar-refractivity contribution in [1.29, 1.82) is 0 Å². The smallest absolute Gasteiger partial charge is 0.335 e. The van der Waals surface area contributed by atoms with Crippen LogP contribution in [0.1, 0.15) is 36.1 Å². The number of aliphatic hydroxyl groups excluding tert-OH is 1. The van der Waals surface area contributed by atoms with E-state index in [4.69, 9.17) is 8.92 Å². The average Bonchev–Trinajstić information content (AvgIpc) is 3.50. The van der Waals surface area contributed by atoms with Crippen molar-refractivity contribution >= 4 is 27.2 Å². The van der Waals surface area contributed by atoms with Crippen molar-refractivity contribution in [1.82, 2.24) is 19.3 Å². The van der Waals surface area contributed by atoms with Gasteiger partial charge < -0.3 is 19.7 Å². The summed E-state index contributed by atoms with van der Waals surface area (Å²) in [4.78, 5) is 9.02. The monoisotopic (exact) mass is 487 g/mol. The van der Waals surface area contributed by atoms with E-state index >= 15 is 0 Å². The van der Waals surface area contributed by atoms with Gasteiger partial charge in [0.1, 0.15) is 23.9 Å². The summed E-state index contributed by atoms with van der Waals surface area (Å²) in [6.07, 6.45) is 3.38. The van der Waals surface area contributed by atoms with Gasteiger partial charge in [0.15, 0.2) is 0 Å². The minimum absolute atomic E-state index is 0.0652. The number of aliphatic hydroxyl groups is 1. The van der Waals surface area contributed by atoms with Crippen molar-refractivity contribution in [3.8, 4) is 0 Å². The van der Waals surface area contributed by atoms with Gasteiger partial charge in [-0.15, -0.1) is 0 Å². The first-order valence-electron chi connectivity index (χ1n) is 11.3. The summed E-state index contributed by atoms with van der Waals surface area (Å²) >= 11 is 0. The molecule has 0 spiro atoms. The van der Waals surface area contributed by atoms with E-state index in [1.165, 1.54) is 24.5 Å². The average molecular weight is 488 g/mol. The number of methoxy groups -OCH3 is 1. The number of nitrogens with one attached hydrogen (secondary N) is 2. The molecule has 5 atom stereocenters. The normalized spacial score (nSPS) is 26.7. The van der Waals surface area contributed by atoms with Gasteiger partial charge in [0.25, 0.3) is 0 Å². The number of hydrogen-bond acceptors (Lipinski definition) is 8. The zero-order chi connectivity index (χ0) is 23.9. The van der Waals surface area contributed by atoms with E-state index in [1.807, 2.05) is 22.9 Å². The van der Waals surface area contributed by atoms with E-state index in [2.05, 4.69) is 38.2 Å². The molecule has 182 valence electrons. The molecule has 0 aliphatic heterocycles. The molecular formula is C23H29N5O5S. The second-order valence-corrected chi connectivity index (χ2v) is 10.4. The molecule has 34 heavy (non-hydrogen) atoms. The number of hydrogen-bond donors (Lipinski definition) is 3. The van der Waals surface area contributed by atoms with Gasteiger partial charge in [-0.1, -0.05) is 24.3 Å². The lowest BCUT2D eigenvalue weighted by Gasteiger charge is -2.22. The third-order valence-electron chi connectivity index (χ3n) is 6.87. The fourth-order valence-electron chi connectivity index (χ4n) is 5.26. The zero-order valence-corrected chi connectivity index (χ0v) is 19.9. The minimum Gasteiger partial charge on any atom is -0.390 e. The van der Waals surface area contributed by atoms with Gasteiger partial charge in [-0.05, 0) is 36.5 Å². The van der Waals surface area contributed by atoms with Crippen LogP contribution in [0.3, 0.4) is 0 Å². The SMILES string of the molecule is CNS(=O)(=O)O[C@@H]1C[C@@H](n2ccc3c(N[C@@H]4c5ccccc5C[C@@H]4COC)ncnc32)C[C@H]1O. The highest BCUT2D eigenvalue weighted by Crippen LogP contribution is 2.40. The molecule has 10 nitrogen and oxygen atoms in total. The Morgan fingerprint density at radius 1 is 1.21 bits per heavy atom. The van der Waals surface area contributed by atoms with Crippen LogP contribution in [0.25, 0.3) is 11.0 Å². The van der Waals surface area contributed by atoms with Gasteiger partial charge in [0.2, 0.25) is 0 Å². The highest BCUT2D eigenvalue weighted by atomic mass is 32.2. The summed E-state index contributed by atoms with van der Waals surface area (Å²) < 4.78 is 38.3. The number of ether oxygens (including phenoxy) is 1. The molecular weight excluding hydrogens is 458 g/mol. The fourth-order valence-corrected chi connectivity index (χ4v) is 5.89. The molecule has 5 rings (SSSR count). The van der Waals surface area contributed by atoms with E-state index in [1.54, 1.807) is 7.11 Å². The van der Waals surface area contributed by atoms with Crippen LogP contribution in [-0.4, -0.2) is 61.0 Å². The summed E-state index contributed by atoms with van der Waals surface area (Å²) in [5, 5.41) is 14.9. The van der Waals surface area contributed by atoms with Gasteiger partial charge in [-0.25, -0.2) is 9.97 Å². The summed E-state index contributed by atoms with van der Waals surface area (Å²) in [7, 11) is -0.893. The fraction of sp³-hybridized carbons (Fsp3) is 0.478. The molecule has 1 saturated carbocycles. The molecule has 11 heteroatoms. The quantitative estimate of drug-likeness (QED) is 0.440. The second kappa shape index (κ2) is 9.23. The third kappa shape index (κ3) is 4.29. The maximum Gasteiger partial charge on any atom is 0.335 e.